The Morgan fingerprint density at radius 3 is 2.64 bits per heavy atom. The van der Waals surface area contributed by atoms with Crippen LogP contribution >= 0.6 is 0 Å². The molecule has 1 saturated heterocycles. The molecule has 0 bridgehead atoms. The summed E-state index contributed by atoms with van der Waals surface area (Å²) in [5.74, 6) is 1.64. The van der Waals surface area contributed by atoms with E-state index in [4.69, 9.17) is 9.47 Å². The normalized spacial score (nSPS) is 17.6. The molecule has 148 valence electrons. The topological polar surface area (TPSA) is 94.3 Å². The number of hydrogen-bond acceptors (Lipinski definition) is 7. The van der Waals surface area contributed by atoms with Gasteiger partial charge in [-0.3, -0.25) is 4.57 Å². The lowest BCUT2D eigenvalue weighted by Crippen LogP contribution is -2.22. The highest BCUT2D eigenvalue weighted by molar-refractivity contribution is 5.85. The number of aliphatic hydroxyl groups is 1. The smallest absolute Gasteiger partial charge is 0.168 e. The van der Waals surface area contributed by atoms with Crippen LogP contribution in [0.2, 0.25) is 0 Å². The lowest BCUT2D eigenvalue weighted by Gasteiger charge is -2.24. The van der Waals surface area contributed by atoms with Crippen LogP contribution in [0.15, 0.2) is 30.6 Å². The Kier molecular flexibility index (Phi) is 4.91. The predicted molar refractivity (Wildman–Crippen MR) is 106 cm³/mol. The molecule has 3 aromatic rings. The maximum Gasteiger partial charge on any atom is 0.168 e. The molecule has 28 heavy (non-hydrogen) atoms. The summed E-state index contributed by atoms with van der Waals surface area (Å²) in [6.07, 6.45) is 4.72. The van der Waals surface area contributed by atoms with Crippen LogP contribution in [0, 0.1) is 0 Å². The standard InChI is InChI=1S/C20H25N5O3/c1-20(2,26)19-23-17(22-13-7-9-14(27-3)10-8-13)16-18(24-19)25(12-21-16)15-6-4-5-11-28-15/h7-10,12,15,26H,4-6,11H2,1-3H3,(H,22,23,24). The van der Waals surface area contributed by atoms with Gasteiger partial charge in [-0.2, -0.15) is 0 Å². The summed E-state index contributed by atoms with van der Waals surface area (Å²) in [6, 6.07) is 7.54. The molecule has 3 heterocycles. The number of fused-ring (bicyclic) bond motifs is 1. The molecule has 0 saturated carbocycles. The molecule has 8 heteroatoms. The predicted octanol–water partition coefficient (Wildman–Crippen LogP) is 3.51. The third-order valence-electron chi connectivity index (χ3n) is 4.79. The minimum absolute atomic E-state index is 0.0999. The van der Waals surface area contributed by atoms with Gasteiger partial charge in [0.15, 0.2) is 22.8 Å². The highest BCUT2D eigenvalue weighted by Crippen LogP contribution is 2.31. The van der Waals surface area contributed by atoms with Crippen molar-refractivity contribution in [3.8, 4) is 5.75 Å². The van der Waals surface area contributed by atoms with Crippen LogP contribution in [0.3, 0.4) is 0 Å². The van der Waals surface area contributed by atoms with Gasteiger partial charge in [0.25, 0.3) is 0 Å². The second kappa shape index (κ2) is 7.37. The minimum Gasteiger partial charge on any atom is -0.497 e. The molecule has 0 aliphatic carbocycles. The monoisotopic (exact) mass is 383 g/mol. The van der Waals surface area contributed by atoms with Gasteiger partial charge in [0.2, 0.25) is 0 Å². The summed E-state index contributed by atoms with van der Waals surface area (Å²) in [7, 11) is 1.63. The van der Waals surface area contributed by atoms with Crippen LogP contribution < -0.4 is 10.1 Å². The van der Waals surface area contributed by atoms with Gasteiger partial charge in [0.1, 0.15) is 17.6 Å². The highest BCUT2D eigenvalue weighted by Gasteiger charge is 2.26. The zero-order valence-electron chi connectivity index (χ0n) is 16.3. The Bertz CT molecular complexity index is 956. The lowest BCUT2D eigenvalue weighted by atomic mass is 10.1. The molecular formula is C20H25N5O3. The molecule has 1 aliphatic heterocycles. The van der Waals surface area contributed by atoms with Gasteiger partial charge < -0.3 is 19.9 Å². The van der Waals surface area contributed by atoms with Crippen molar-refractivity contribution < 1.29 is 14.6 Å². The van der Waals surface area contributed by atoms with Gasteiger partial charge >= 0.3 is 0 Å². The number of nitrogens with zero attached hydrogens (tertiary/aromatic N) is 4. The molecule has 4 rings (SSSR count). The average molecular weight is 383 g/mol. The van der Waals surface area contributed by atoms with E-state index >= 15 is 0 Å². The van der Waals surface area contributed by atoms with E-state index in [9.17, 15) is 5.11 Å². The molecule has 0 radical (unpaired) electrons. The number of benzene rings is 1. The molecule has 2 N–H and O–H groups in total. The van der Waals surface area contributed by atoms with E-state index in [-0.39, 0.29) is 6.23 Å². The number of ether oxygens (including phenoxy) is 2. The SMILES string of the molecule is COc1ccc(Nc2nc(C(C)(C)O)nc3c2ncn3C2CCCCO2)cc1. The Morgan fingerprint density at radius 1 is 1.21 bits per heavy atom. The van der Waals surface area contributed by atoms with Crippen LogP contribution in [-0.4, -0.2) is 38.3 Å². The first-order valence-corrected chi connectivity index (χ1v) is 9.46. The van der Waals surface area contributed by atoms with E-state index in [1.807, 2.05) is 28.8 Å². The van der Waals surface area contributed by atoms with E-state index in [1.54, 1.807) is 27.3 Å². The molecule has 1 aromatic carbocycles. The zero-order valence-corrected chi connectivity index (χ0v) is 16.3. The third-order valence-corrected chi connectivity index (χ3v) is 4.79. The Balaban J connectivity index is 1.78. The second-order valence-electron chi connectivity index (χ2n) is 7.45. The molecule has 0 spiro atoms. The van der Waals surface area contributed by atoms with E-state index in [2.05, 4.69) is 20.3 Å². The molecule has 2 aromatic heterocycles. The first kappa shape index (κ1) is 18.6. The van der Waals surface area contributed by atoms with Gasteiger partial charge in [-0.1, -0.05) is 0 Å². The Hall–Kier alpha value is -2.71. The van der Waals surface area contributed by atoms with Crippen molar-refractivity contribution in [2.75, 3.05) is 19.0 Å². The van der Waals surface area contributed by atoms with E-state index < -0.39 is 5.60 Å². The third kappa shape index (κ3) is 3.65. The summed E-state index contributed by atoms with van der Waals surface area (Å²) < 4.78 is 13.0. The summed E-state index contributed by atoms with van der Waals surface area (Å²) in [5, 5.41) is 13.8. The summed E-state index contributed by atoms with van der Waals surface area (Å²) in [6.45, 7) is 4.07. The van der Waals surface area contributed by atoms with Crippen molar-refractivity contribution in [3.05, 3.63) is 36.4 Å². The van der Waals surface area contributed by atoms with Gasteiger partial charge in [0, 0.05) is 12.3 Å². The Morgan fingerprint density at radius 2 is 2.00 bits per heavy atom. The number of imidazole rings is 1. The largest absolute Gasteiger partial charge is 0.497 e. The van der Waals surface area contributed by atoms with Gasteiger partial charge in [-0.05, 0) is 57.4 Å². The maximum atomic E-state index is 10.5. The van der Waals surface area contributed by atoms with Crippen LogP contribution in [0.25, 0.3) is 11.2 Å². The number of methoxy groups -OCH3 is 1. The first-order valence-electron chi connectivity index (χ1n) is 9.46. The van der Waals surface area contributed by atoms with Gasteiger partial charge in [-0.25, -0.2) is 15.0 Å². The molecular weight excluding hydrogens is 358 g/mol. The second-order valence-corrected chi connectivity index (χ2v) is 7.45. The van der Waals surface area contributed by atoms with Crippen molar-refractivity contribution in [2.24, 2.45) is 0 Å². The maximum absolute atomic E-state index is 10.5. The molecule has 1 aliphatic rings. The van der Waals surface area contributed by atoms with Gasteiger partial charge in [-0.15, -0.1) is 0 Å². The number of anilines is 2. The van der Waals surface area contributed by atoms with E-state index in [0.717, 1.165) is 37.3 Å². The van der Waals surface area contributed by atoms with E-state index in [0.29, 0.717) is 22.8 Å². The quantitative estimate of drug-likeness (QED) is 0.696. The summed E-state index contributed by atoms with van der Waals surface area (Å²) in [4.78, 5) is 13.7. The van der Waals surface area contributed by atoms with Crippen molar-refractivity contribution >= 4 is 22.7 Å². The van der Waals surface area contributed by atoms with Crippen molar-refractivity contribution in [1.29, 1.82) is 0 Å². The number of hydrogen-bond donors (Lipinski definition) is 2. The highest BCUT2D eigenvalue weighted by atomic mass is 16.5. The van der Waals surface area contributed by atoms with Crippen LogP contribution in [0.4, 0.5) is 11.5 Å². The molecule has 0 amide bonds. The average Bonchev–Trinajstić information content (AvgIpc) is 3.13. The van der Waals surface area contributed by atoms with Crippen molar-refractivity contribution in [3.63, 3.8) is 0 Å². The van der Waals surface area contributed by atoms with Crippen LogP contribution in [0.5, 0.6) is 5.75 Å². The number of rotatable bonds is 5. The fourth-order valence-corrected chi connectivity index (χ4v) is 3.24. The first-order chi connectivity index (χ1) is 13.5. The van der Waals surface area contributed by atoms with Crippen LogP contribution in [-0.2, 0) is 10.3 Å². The summed E-state index contributed by atoms with van der Waals surface area (Å²) in [5.41, 5.74) is 0.937. The van der Waals surface area contributed by atoms with Crippen molar-refractivity contribution in [1.82, 2.24) is 19.5 Å². The van der Waals surface area contributed by atoms with Gasteiger partial charge in [0.05, 0.1) is 13.4 Å². The molecule has 1 atom stereocenters. The summed E-state index contributed by atoms with van der Waals surface area (Å²) >= 11 is 0. The zero-order chi connectivity index (χ0) is 19.7. The fourth-order valence-electron chi connectivity index (χ4n) is 3.24. The molecule has 1 unspecified atom stereocenters. The van der Waals surface area contributed by atoms with Crippen molar-refractivity contribution in [2.45, 2.75) is 44.9 Å². The lowest BCUT2D eigenvalue weighted by molar-refractivity contribution is -0.0299. The molecule has 1 fully saturated rings. The van der Waals surface area contributed by atoms with E-state index in [1.165, 1.54) is 0 Å². The van der Waals surface area contributed by atoms with Crippen LogP contribution in [0.1, 0.15) is 45.2 Å². The fraction of sp³-hybridized carbons (Fsp3) is 0.450. The molecule has 8 nitrogen and oxygen atoms in total. The Labute approximate surface area is 163 Å². The number of aromatic nitrogens is 4. The minimum atomic E-state index is -1.19. The number of nitrogens with one attached hydrogen (secondary N) is 1.